The van der Waals surface area contributed by atoms with Gasteiger partial charge < -0.3 is 14.5 Å². The molecule has 0 aliphatic rings. The first-order valence-electron chi connectivity index (χ1n) is 9.60. The Bertz CT molecular complexity index is 1020. The molecular formula is C22H27N3O3S. The topological polar surface area (TPSA) is 67.5 Å². The number of hydrogen-bond acceptors (Lipinski definition) is 6. The van der Waals surface area contributed by atoms with Gasteiger partial charge in [0.2, 0.25) is 0 Å². The highest BCUT2D eigenvalue weighted by molar-refractivity contribution is 7.99. The lowest BCUT2D eigenvalue weighted by molar-refractivity contribution is 0.291. The van der Waals surface area contributed by atoms with Crippen LogP contribution >= 0.6 is 11.8 Å². The van der Waals surface area contributed by atoms with Gasteiger partial charge in [-0.2, -0.15) is 0 Å². The lowest BCUT2D eigenvalue weighted by atomic mass is 10.2. The van der Waals surface area contributed by atoms with Crippen molar-refractivity contribution in [2.75, 3.05) is 33.1 Å². The molecule has 0 aliphatic carbocycles. The number of thioether (sulfide) groups is 1. The number of hydrogen-bond donors (Lipinski definition) is 1. The van der Waals surface area contributed by atoms with Gasteiger partial charge in [0.25, 0.3) is 5.56 Å². The van der Waals surface area contributed by atoms with Crippen LogP contribution < -0.4 is 15.0 Å². The monoisotopic (exact) mass is 413 g/mol. The normalized spacial score (nSPS) is 11.2. The fourth-order valence-electron chi connectivity index (χ4n) is 3.08. The summed E-state index contributed by atoms with van der Waals surface area (Å²) in [6, 6.07) is 12.0. The molecule has 3 rings (SSSR count). The highest BCUT2D eigenvalue weighted by atomic mass is 32.2. The zero-order valence-electron chi connectivity index (χ0n) is 17.3. The number of nitrogens with zero attached hydrogens (tertiary/aromatic N) is 2. The minimum absolute atomic E-state index is 0.170. The van der Waals surface area contributed by atoms with Crippen LogP contribution in [-0.4, -0.2) is 47.9 Å². The molecule has 6 nitrogen and oxygen atoms in total. The number of benzene rings is 2. The van der Waals surface area contributed by atoms with Gasteiger partial charge in [0, 0.05) is 23.3 Å². The van der Waals surface area contributed by atoms with Crippen LogP contribution in [0.4, 0.5) is 0 Å². The molecule has 1 heterocycles. The van der Waals surface area contributed by atoms with Crippen LogP contribution in [0.5, 0.6) is 11.5 Å². The van der Waals surface area contributed by atoms with Crippen molar-refractivity contribution in [3.05, 3.63) is 58.1 Å². The van der Waals surface area contributed by atoms with Crippen molar-refractivity contribution < 1.29 is 9.47 Å². The Morgan fingerprint density at radius 1 is 1.10 bits per heavy atom. The number of ether oxygens (including phenoxy) is 2. The summed E-state index contributed by atoms with van der Waals surface area (Å²) < 4.78 is 10.6. The first kappa shape index (κ1) is 21.2. The third-order valence-electron chi connectivity index (χ3n) is 4.78. The molecule has 0 amide bonds. The quantitative estimate of drug-likeness (QED) is 0.537. The molecule has 0 fully saturated rings. The van der Waals surface area contributed by atoms with Gasteiger partial charge in [0.05, 0.1) is 31.7 Å². The molecule has 0 unspecified atom stereocenters. The standard InChI is InChI=1S/C22H27N3O3S/c1-5-25(10-11-29-16-8-6-15(2)7-9-16)14-21-23-18-13-20(28-4)19(27-3)12-17(18)22(26)24-21/h6-9,12-13H,5,10-11,14H2,1-4H3,(H,23,24,26). The molecule has 2 aromatic carbocycles. The predicted molar refractivity (Wildman–Crippen MR) is 118 cm³/mol. The number of aromatic amines is 1. The van der Waals surface area contributed by atoms with Crippen molar-refractivity contribution in [1.29, 1.82) is 0 Å². The minimum atomic E-state index is -0.170. The molecule has 3 aromatic rings. The summed E-state index contributed by atoms with van der Waals surface area (Å²) in [6.07, 6.45) is 0. The Kier molecular flexibility index (Phi) is 7.17. The predicted octanol–water partition coefficient (Wildman–Crippen LogP) is 3.86. The molecule has 154 valence electrons. The average molecular weight is 414 g/mol. The van der Waals surface area contributed by atoms with Gasteiger partial charge in [-0.3, -0.25) is 9.69 Å². The summed E-state index contributed by atoms with van der Waals surface area (Å²) in [7, 11) is 3.12. The first-order chi connectivity index (χ1) is 14.0. The van der Waals surface area contributed by atoms with Gasteiger partial charge in [-0.15, -0.1) is 11.8 Å². The van der Waals surface area contributed by atoms with Crippen molar-refractivity contribution in [1.82, 2.24) is 14.9 Å². The maximum absolute atomic E-state index is 12.5. The van der Waals surface area contributed by atoms with Crippen LogP contribution in [0.15, 0.2) is 46.1 Å². The van der Waals surface area contributed by atoms with Crippen molar-refractivity contribution in [2.45, 2.75) is 25.3 Å². The summed E-state index contributed by atoms with van der Waals surface area (Å²) in [5, 5.41) is 0.490. The Labute approximate surface area is 175 Å². The molecule has 0 aliphatic heterocycles. The molecule has 1 aromatic heterocycles. The van der Waals surface area contributed by atoms with Crippen molar-refractivity contribution in [2.24, 2.45) is 0 Å². The van der Waals surface area contributed by atoms with Gasteiger partial charge in [-0.05, 0) is 31.7 Å². The third-order valence-corrected chi connectivity index (χ3v) is 5.77. The van der Waals surface area contributed by atoms with E-state index in [4.69, 9.17) is 9.47 Å². The van der Waals surface area contributed by atoms with E-state index in [1.807, 2.05) is 11.8 Å². The second-order valence-electron chi connectivity index (χ2n) is 6.77. The van der Waals surface area contributed by atoms with Crippen LogP contribution in [0.2, 0.25) is 0 Å². The van der Waals surface area contributed by atoms with E-state index in [-0.39, 0.29) is 5.56 Å². The lowest BCUT2D eigenvalue weighted by Crippen LogP contribution is -2.27. The SMILES string of the molecule is CCN(CCSc1ccc(C)cc1)Cc1nc2cc(OC)c(OC)cc2c(=O)[nH]1. The number of fused-ring (bicyclic) bond motifs is 1. The number of methoxy groups -OCH3 is 2. The highest BCUT2D eigenvalue weighted by Crippen LogP contribution is 2.30. The summed E-state index contributed by atoms with van der Waals surface area (Å²) in [6.45, 7) is 6.58. The van der Waals surface area contributed by atoms with Crippen LogP contribution in [-0.2, 0) is 6.54 Å². The zero-order chi connectivity index (χ0) is 20.8. The van der Waals surface area contributed by atoms with Crippen molar-refractivity contribution in [3.63, 3.8) is 0 Å². The van der Waals surface area contributed by atoms with E-state index in [2.05, 4.69) is 53.0 Å². The van der Waals surface area contributed by atoms with E-state index in [0.29, 0.717) is 34.8 Å². The van der Waals surface area contributed by atoms with E-state index in [0.717, 1.165) is 18.8 Å². The minimum Gasteiger partial charge on any atom is -0.493 e. The number of aryl methyl sites for hydroxylation is 1. The lowest BCUT2D eigenvalue weighted by Gasteiger charge is -2.19. The Balaban J connectivity index is 1.71. The second kappa shape index (κ2) is 9.80. The molecule has 1 N–H and O–H groups in total. The largest absolute Gasteiger partial charge is 0.493 e. The molecule has 7 heteroatoms. The van der Waals surface area contributed by atoms with Gasteiger partial charge in [0.1, 0.15) is 5.82 Å². The number of H-pyrrole nitrogens is 1. The van der Waals surface area contributed by atoms with Gasteiger partial charge in [-0.25, -0.2) is 4.98 Å². The van der Waals surface area contributed by atoms with Crippen LogP contribution in [0, 0.1) is 6.92 Å². The molecule has 0 saturated heterocycles. The second-order valence-corrected chi connectivity index (χ2v) is 7.94. The summed E-state index contributed by atoms with van der Waals surface area (Å²) in [5.41, 5.74) is 1.70. The van der Waals surface area contributed by atoms with E-state index >= 15 is 0 Å². The van der Waals surface area contributed by atoms with Gasteiger partial charge >= 0.3 is 0 Å². The average Bonchev–Trinajstić information content (AvgIpc) is 2.73. The maximum Gasteiger partial charge on any atom is 0.258 e. The van der Waals surface area contributed by atoms with E-state index < -0.39 is 0 Å². The molecule has 0 radical (unpaired) electrons. The van der Waals surface area contributed by atoms with E-state index in [1.165, 1.54) is 10.5 Å². The molecular weight excluding hydrogens is 386 g/mol. The van der Waals surface area contributed by atoms with Gasteiger partial charge in [-0.1, -0.05) is 24.6 Å². The Morgan fingerprint density at radius 3 is 2.45 bits per heavy atom. The smallest absolute Gasteiger partial charge is 0.258 e. The van der Waals surface area contributed by atoms with Crippen LogP contribution in [0.3, 0.4) is 0 Å². The Morgan fingerprint density at radius 2 is 1.79 bits per heavy atom. The molecule has 0 saturated carbocycles. The highest BCUT2D eigenvalue weighted by Gasteiger charge is 2.12. The first-order valence-corrected chi connectivity index (χ1v) is 10.6. The third kappa shape index (κ3) is 5.31. The molecule has 0 bridgehead atoms. The van der Waals surface area contributed by atoms with E-state index in [9.17, 15) is 4.79 Å². The molecule has 29 heavy (non-hydrogen) atoms. The number of aromatic nitrogens is 2. The van der Waals surface area contributed by atoms with Gasteiger partial charge in [0.15, 0.2) is 11.5 Å². The molecule has 0 spiro atoms. The summed E-state index contributed by atoms with van der Waals surface area (Å²) in [5.74, 6) is 2.70. The fraction of sp³-hybridized carbons (Fsp3) is 0.364. The zero-order valence-corrected chi connectivity index (χ0v) is 18.1. The summed E-state index contributed by atoms with van der Waals surface area (Å²) in [4.78, 5) is 23.6. The van der Waals surface area contributed by atoms with Crippen molar-refractivity contribution >= 4 is 22.7 Å². The fourth-order valence-corrected chi connectivity index (χ4v) is 3.99. The number of nitrogens with one attached hydrogen (secondary N) is 1. The van der Waals surface area contributed by atoms with Crippen LogP contribution in [0.25, 0.3) is 10.9 Å². The van der Waals surface area contributed by atoms with Crippen LogP contribution in [0.1, 0.15) is 18.3 Å². The maximum atomic E-state index is 12.5. The van der Waals surface area contributed by atoms with E-state index in [1.54, 1.807) is 26.4 Å². The molecule has 0 atom stereocenters. The summed E-state index contributed by atoms with van der Waals surface area (Å²) >= 11 is 1.83. The Hall–Kier alpha value is -2.51. The van der Waals surface area contributed by atoms with Crippen molar-refractivity contribution in [3.8, 4) is 11.5 Å². The number of rotatable bonds is 9.